The Morgan fingerprint density at radius 2 is 1.82 bits per heavy atom. The van der Waals surface area contributed by atoms with Crippen molar-refractivity contribution in [2.75, 3.05) is 19.6 Å². The summed E-state index contributed by atoms with van der Waals surface area (Å²) in [6.07, 6.45) is 8.41. The van der Waals surface area contributed by atoms with E-state index in [-0.39, 0.29) is 0 Å². The molecule has 0 aromatic rings. The molecule has 1 saturated carbocycles. The largest absolute Gasteiger partial charge is 0.312 e. The van der Waals surface area contributed by atoms with E-state index in [1.54, 1.807) is 0 Å². The molecule has 0 bridgehead atoms. The van der Waals surface area contributed by atoms with Crippen molar-refractivity contribution < 1.29 is 0 Å². The quantitative estimate of drug-likeness (QED) is 0.765. The van der Waals surface area contributed by atoms with Crippen LogP contribution in [0.4, 0.5) is 0 Å². The van der Waals surface area contributed by atoms with Crippen molar-refractivity contribution >= 4 is 0 Å². The van der Waals surface area contributed by atoms with Crippen LogP contribution in [0.2, 0.25) is 0 Å². The molecule has 1 aliphatic carbocycles. The fraction of sp³-hybridized carbons (Fsp3) is 1.00. The molecule has 1 N–H and O–H groups in total. The van der Waals surface area contributed by atoms with Gasteiger partial charge in [-0.25, -0.2) is 0 Å². The third-order valence-corrected chi connectivity index (χ3v) is 4.98. The van der Waals surface area contributed by atoms with E-state index in [1.807, 2.05) is 0 Å². The Bertz CT molecular complexity index is 231. The number of hydrogen-bond donors (Lipinski definition) is 1. The van der Waals surface area contributed by atoms with Crippen LogP contribution in [0, 0.1) is 5.92 Å². The fourth-order valence-corrected chi connectivity index (χ4v) is 3.59. The van der Waals surface area contributed by atoms with Gasteiger partial charge in [0.05, 0.1) is 0 Å². The van der Waals surface area contributed by atoms with Crippen LogP contribution in [0.3, 0.4) is 0 Å². The van der Waals surface area contributed by atoms with Gasteiger partial charge >= 0.3 is 0 Å². The molecule has 1 heterocycles. The van der Waals surface area contributed by atoms with E-state index in [4.69, 9.17) is 0 Å². The van der Waals surface area contributed by atoms with E-state index < -0.39 is 0 Å². The van der Waals surface area contributed by atoms with Gasteiger partial charge in [-0.15, -0.1) is 0 Å². The molecule has 0 spiro atoms. The third-order valence-electron chi connectivity index (χ3n) is 4.98. The highest BCUT2D eigenvalue weighted by molar-refractivity contribution is 5.03. The average Bonchev–Trinajstić information content (AvgIpc) is 3.20. The molecule has 2 unspecified atom stereocenters. The predicted molar refractivity (Wildman–Crippen MR) is 74.3 cm³/mol. The SMILES string of the molecule is CCNC(C1CC1)C(C)(CC)N1CCCCC1. The average molecular weight is 238 g/mol. The second-order valence-corrected chi connectivity index (χ2v) is 6.13. The Morgan fingerprint density at radius 1 is 1.18 bits per heavy atom. The van der Waals surface area contributed by atoms with Crippen LogP contribution in [0.1, 0.15) is 59.3 Å². The normalized spacial score (nSPS) is 27.7. The Morgan fingerprint density at radius 3 is 2.29 bits per heavy atom. The van der Waals surface area contributed by atoms with Gasteiger partial charge < -0.3 is 5.32 Å². The van der Waals surface area contributed by atoms with E-state index >= 15 is 0 Å². The lowest BCUT2D eigenvalue weighted by Gasteiger charge is -2.48. The zero-order valence-electron chi connectivity index (χ0n) is 12.0. The summed E-state index contributed by atoms with van der Waals surface area (Å²) in [6.45, 7) is 10.9. The highest BCUT2D eigenvalue weighted by atomic mass is 15.2. The highest BCUT2D eigenvalue weighted by Crippen LogP contribution is 2.41. The summed E-state index contributed by atoms with van der Waals surface area (Å²) in [5, 5.41) is 3.79. The fourth-order valence-electron chi connectivity index (χ4n) is 3.59. The van der Waals surface area contributed by atoms with Crippen molar-refractivity contribution in [2.45, 2.75) is 70.9 Å². The van der Waals surface area contributed by atoms with E-state index in [0.717, 1.165) is 18.5 Å². The summed E-state index contributed by atoms with van der Waals surface area (Å²) < 4.78 is 0. The van der Waals surface area contributed by atoms with Gasteiger partial charge in [0.1, 0.15) is 0 Å². The lowest BCUT2D eigenvalue weighted by molar-refractivity contribution is 0.0364. The summed E-state index contributed by atoms with van der Waals surface area (Å²) in [4.78, 5) is 2.78. The number of hydrogen-bond acceptors (Lipinski definition) is 2. The first-order valence-corrected chi connectivity index (χ1v) is 7.70. The van der Waals surface area contributed by atoms with Crippen molar-refractivity contribution in [2.24, 2.45) is 5.92 Å². The Hall–Kier alpha value is -0.0800. The molecule has 100 valence electrons. The molecule has 1 aliphatic heterocycles. The van der Waals surface area contributed by atoms with Crippen LogP contribution in [0.5, 0.6) is 0 Å². The topological polar surface area (TPSA) is 15.3 Å². The number of likely N-dealkylation sites (N-methyl/N-ethyl adjacent to an activating group) is 1. The van der Waals surface area contributed by atoms with Gasteiger partial charge in [0.25, 0.3) is 0 Å². The molecule has 1 saturated heterocycles. The van der Waals surface area contributed by atoms with Crippen LogP contribution in [-0.2, 0) is 0 Å². The number of nitrogens with zero attached hydrogens (tertiary/aromatic N) is 1. The van der Waals surface area contributed by atoms with Crippen molar-refractivity contribution in [3.8, 4) is 0 Å². The van der Waals surface area contributed by atoms with Gasteiger partial charge in [-0.3, -0.25) is 4.90 Å². The van der Waals surface area contributed by atoms with Gasteiger partial charge in [0.15, 0.2) is 0 Å². The van der Waals surface area contributed by atoms with Gasteiger partial charge in [-0.05, 0) is 64.6 Å². The first-order valence-electron chi connectivity index (χ1n) is 7.70. The summed E-state index contributed by atoms with van der Waals surface area (Å²) in [6, 6.07) is 0.718. The maximum absolute atomic E-state index is 3.79. The number of nitrogens with one attached hydrogen (secondary N) is 1. The van der Waals surface area contributed by atoms with Gasteiger partial charge in [0, 0.05) is 11.6 Å². The monoisotopic (exact) mass is 238 g/mol. The molecule has 2 fully saturated rings. The molecule has 0 aromatic heterocycles. The molecule has 0 radical (unpaired) electrons. The molecule has 2 rings (SSSR count). The van der Waals surface area contributed by atoms with Crippen LogP contribution in [-0.4, -0.2) is 36.1 Å². The van der Waals surface area contributed by atoms with E-state index in [9.17, 15) is 0 Å². The third kappa shape index (κ3) is 2.85. The van der Waals surface area contributed by atoms with Gasteiger partial charge in [-0.2, -0.15) is 0 Å². The zero-order valence-corrected chi connectivity index (χ0v) is 12.0. The first-order chi connectivity index (χ1) is 8.22. The molecule has 2 atom stereocenters. The minimum atomic E-state index is 0.387. The minimum absolute atomic E-state index is 0.387. The van der Waals surface area contributed by atoms with Crippen LogP contribution >= 0.6 is 0 Å². The Labute approximate surface area is 107 Å². The molecule has 2 heteroatoms. The minimum Gasteiger partial charge on any atom is -0.312 e. The lowest BCUT2D eigenvalue weighted by atomic mass is 9.83. The molecule has 0 amide bonds. The summed E-state index contributed by atoms with van der Waals surface area (Å²) >= 11 is 0. The maximum Gasteiger partial charge on any atom is 0.0334 e. The van der Waals surface area contributed by atoms with Crippen LogP contribution in [0.25, 0.3) is 0 Å². The van der Waals surface area contributed by atoms with Crippen LogP contribution in [0.15, 0.2) is 0 Å². The molecule has 0 aromatic carbocycles. The zero-order chi connectivity index (χ0) is 12.3. The summed E-state index contributed by atoms with van der Waals surface area (Å²) in [7, 11) is 0. The Balaban J connectivity index is 2.08. The summed E-state index contributed by atoms with van der Waals surface area (Å²) in [5.74, 6) is 0.946. The molecule has 2 nitrogen and oxygen atoms in total. The predicted octanol–water partition coefficient (Wildman–Crippen LogP) is 3.03. The second-order valence-electron chi connectivity index (χ2n) is 6.13. The lowest BCUT2D eigenvalue weighted by Crippen LogP contribution is -2.61. The number of piperidine rings is 1. The molecule has 2 aliphatic rings. The van der Waals surface area contributed by atoms with Crippen molar-refractivity contribution in [1.82, 2.24) is 10.2 Å². The van der Waals surface area contributed by atoms with Crippen molar-refractivity contribution in [3.05, 3.63) is 0 Å². The smallest absolute Gasteiger partial charge is 0.0334 e. The second kappa shape index (κ2) is 5.71. The highest BCUT2D eigenvalue weighted by Gasteiger charge is 2.45. The standard InChI is InChI=1S/C15H30N2/c1-4-15(3,17-11-7-6-8-12-17)14(16-5-2)13-9-10-13/h13-14,16H,4-12H2,1-3H3. The summed E-state index contributed by atoms with van der Waals surface area (Å²) in [5.41, 5.74) is 0.387. The van der Waals surface area contributed by atoms with Crippen molar-refractivity contribution in [1.29, 1.82) is 0 Å². The van der Waals surface area contributed by atoms with E-state index in [2.05, 4.69) is 31.0 Å². The van der Waals surface area contributed by atoms with Gasteiger partial charge in [-0.1, -0.05) is 20.3 Å². The van der Waals surface area contributed by atoms with Crippen molar-refractivity contribution in [3.63, 3.8) is 0 Å². The number of rotatable bonds is 6. The Kier molecular flexibility index (Phi) is 4.48. The van der Waals surface area contributed by atoms with Gasteiger partial charge in [0.2, 0.25) is 0 Å². The van der Waals surface area contributed by atoms with E-state index in [1.165, 1.54) is 51.6 Å². The van der Waals surface area contributed by atoms with Crippen LogP contribution < -0.4 is 5.32 Å². The molecular weight excluding hydrogens is 208 g/mol. The first kappa shape index (κ1) is 13.4. The number of likely N-dealkylation sites (tertiary alicyclic amines) is 1. The molecule has 17 heavy (non-hydrogen) atoms. The molecular formula is C15H30N2. The van der Waals surface area contributed by atoms with E-state index in [0.29, 0.717) is 5.54 Å². The maximum atomic E-state index is 3.79.